The van der Waals surface area contributed by atoms with Crippen LogP contribution in [0.1, 0.15) is 28.3 Å². The molecular weight excluding hydrogens is 312 g/mol. The first-order valence-electron chi connectivity index (χ1n) is 7.21. The predicted molar refractivity (Wildman–Crippen MR) is 91.6 cm³/mol. The molecule has 0 radical (unpaired) electrons. The van der Waals surface area contributed by atoms with E-state index in [1.165, 1.54) is 0 Å². The maximum atomic E-state index is 12.5. The van der Waals surface area contributed by atoms with Crippen LogP contribution in [0.2, 0.25) is 0 Å². The topological polar surface area (TPSA) is 63.4 Å². The summed E-state index contributed by atoms with van der Waals surface area (Å²) in [5.41, 5.74) is 1.28. The van der Waals surface area contributed by atoms with Gasteiger partial charge in [-0.1, -0.05) is 6.07 Å². The molecule has 3 aromatic rings. The Morgan fingerprint density at radius 3 is 2.74 bits per heavy atom. The minimum atomic E-state index is -0.150. The lowest BCUT2D eigenvalue weighted by molar-refractivity contribution is 0.0936. The van der Waals surface area contributed by atoms with E-state index in [1.54, 1.807) is 37.7 Å². The molecule has 0 unspecified atom stereocenters. The SMILES string of the molecule is COc1cc(OC)c2[nH]c(C(=O)N[C@@H](C)c3cccs3)cc2c1. The summed E-state index contributed by atoms with van der Waals surface area (Å²) < 4.78 is 10.6. The number of hydrogen-bond donors (Lipinski definition) is 2. The predicted octanol–water partition coefficient (Wildman–Crippen LogP) is 3.74. The lowest BCUT2D eigenvalue weighted by atomic mass is 10.2. The molecule has 0 aliphatic carbocycles. The molecule has 2 N–H and O–H groups in total. The molecule has 6 heteroatoms. The van der Waals surface area contributed by atoms with Crippen LogP contribution in [0.25, 0.3) is 10.9 Å². The molecule has 0 fully saturated rings. The number of thiophene rings is 1. The fourth-order valence-corrected chi connectivity index (χ4v) is 3.20. The lowest BCUT2D eigenvalue weighted by Gasteiger charge is -2.11. The summed E-state index contributed by atoms with van der Waals surface area (Å²) >= 11 is 1.62. The molecular formula is C17H18N2O3S. The van der Waals surface area contributed by atoms with E-state index in [-0.39, 0.29) is 11.9 Å². The van der Waals surface area contributed by atoms with Crippen LogP contribution in [0.4, 0.5) is 0 Å². The van der Waals surface area contributed by atoms with Gasteiger partial charge < -0.3 is 19.8 Å². The molecule has 0 saturated carbocycles. The molecule has 1 amide bonds. The van der Waals surface area contributed by atoms with E-state index in [2.05, 4.69) is 10.3 Å². The van der Waals surface area contributed by atoms with E-state index < -0.39 is 0 Å². The summed E-state index contributed by atoms with van der Waals surface area (Å²) in [5, 5.41) is 5.86. The smallest absolute Gasteiger partial charge is 0.268 e. The zero-order valence-corrected chi connectivity index (χ0v) is 14.0. The van der Waals surface area contributed by atoms with E-state index in [0.717, 1.165) is 15.8 Å². The van der Waals surface area contributed by atoms with Crippen molar-refractivity contribution in [2.45, 2.75) is 13.0 Å². The van der Waals surface area contributed by atoms with Gasteiger partial charge in [-0.25, -0.2) is 0 Å². The van der Waals surface area contributed by atoms with Crippen molar-refractivity contribution in [2.24, 2.45) is 0 Å². The zero-order chi connectivity index (χ0) is 16.4. The van der Waals surface area contributed by atoms with Crippen LogP contribution in [0.15, 0.2) is 35.7 Å². The molecule has 120 valence electrons. The molecule has 3 rings (SSSR count). The van der Waals surface area contributed by atoms with Gasteiger partial charge in [-0.2, -0.15) is 0 Å². The Bertz CT molecular complexity index is 824. The van der Waals surface area contributed by atoms with Gasteiger partial charge in [0.1, 0.15) is 17.2 Å². The van der Waals surface area contributed by atoms with Crippen LogP contribution in [0.5, 0.6) is 11.5 Å². The van der Waals surface area contributed by atoms with E-state index in [4.69, 9.17) is 9.47 Å². The van der Waals surface area contributed by atoms with Crippen LogP contribution in [0, 0.1) is 0 Å². The summed E-state index contributed by atoms with van der Waals surface area (Å²) in [6.45, 7) is 1.97. The van der Waals surface area contributed by atoms with Crippen LogP contribution < -0.4 is 14.8 Å². The average Bonchev–Trinajstić information content (AvgIpc) is 3.22. The first-order chi connectivity index (χ1) is 11.1. The third-order valence-corrected chi connectivity index (χ3v) is 4.74. The second-order valence-electron chi connectivity index (χ2n) is 5.19. The van der Waals surface area contributed by atoms with Crippen molar-refractivity contribution < 1.29 is 14.3 Å². The van der Waals surface area contributed by atoms with E-state index in [1.807, 2.05) is 30.5 Å². The number of carbonyl (C=O) groups is 1. The fraction of sp³-hybridized carbons (Fsp3) is 0.235. The standard InChI is InChI=1S/C17H18N2O3S/c1-10(15-5-4-6-23-15)18-17(20)13-8-11-7-12(21-2)9-14(22-3)16(11)19-13/h4-10,19H,1-3H3,(H,18,20)/t10-/m0/s1. The van der Waals surface area contributed by atoms with E-state index >= 15 is 0 Å². The number of nitrogens with one attached hydrogen (secondary N) is 2. The number of fused-ring (bicyclic) bond motifs is 1. The van der Waals surface area contributed by atoms with Crippen molar-refractivity contribution in [3.05, 3.63) is 46.3 Å². The normalized spacial score (nSPS) is 12.1. The fourth-order valence-electron chi connectivity index (χ4n) is 2.47. The highest BCUT2D eigenvalue weighted by Gasteiger charge is 2.16. The molecule has 0 aliphatic heterocycles. The lowest BCUT2D eigenvalue weighted by Crippen LogP contribution is -2.26. The summed E-state index contributed by atoms with van der Waals surface area (Å²) in [6, 6.07) is 9.40. The number of hydrogen-bond acceptors (Lipinski definition) is 4. The Hall–Kier alpha value is -2.47. The number of H-pyrrole nitrogens is 1. The van der Waals surface area contributed by atoms with Gasteiger partial charge in [-0.15, -0.1) is 11.3 Å². The van der Waals surface area contributed by atoms with Crippen molar-refractivity contribution in [3.63, 3.8) is 0 Å². The first-order valence-corrected chi connectivity index (χ1v) is 8.09. The molecule has 2 aromatic heterocycles. The van der Waals surface area contributed by atoms with Gasteiger partial charge in [0.25, 0.3) is 5.91 Å². The third kappa shape index (κ3) is 3.03. The van der Waals surface area contributed by atoms with E-state index in [9.17, 15) is 4.79 Å². The number of carbonyl (C=O) groups excluding carboxylic acids is 1. The molecule has 0 saturated heterocycles. The monoisotopic (exact) mass is 330 g/mol. The van der Waals surface area contributed by atoms with Crippen LogP contribution >= 0.6 is 11.3 Å². The second-order valence-corrected chi connectivity index (χ2v) is 6.17. The van der Waals surface area contributed by atoms with Crippen LogP contribution in [-0.2, 0) is 0 Å². The van der Waals surface area contributed by atoms with Crippen molar-refractivity contribution >= 4 is 28.1 Å². The molecule has 0 aliphatic rings. The summed E-state index contributed by atoms with van der Waals surface area (Å²) in [4.78, 5) is 16.7. The Kier molecular flexibility index (Phi) is 4.25. The summed E-state index contributed by atoms with van der Waals surface area (Å²) in [6.07, 6.45) is 0. The summed E-state index contributed by atoms with van der Waals surface area (Å²) in [7, 11) is 3.19. The Balaban J connectivity index is 1.89. The number of aromatic amines is 1. The average molecular weight is 330 g/mol. The van der Waals surface area contributed by atoms with Crippen molar-refractivity contribution in [3.8, 4) is 11.5 Å². The highest BCUT2D eigenvalue weighted by Crippen LogP contribution is 2.31. The van der Waals surface area contributed by atoms with Gasteiger partial charge in [-0.3, -0.25) is 4.79 Å². The molecule has 0 spiro atoms. The van der Waals surface area contributed by atoms with Gasteiger partial charge in [-0.05, 0) is 30.5 Å². The van der Waals surface area contributed by atoms with Crippen LogP contribution in [0.3, 0.4) is 0 Å². The highest BCUT2D eigenvalue weighted by molar-refractivity contribution is 7.10. The number of amides is 1. The molecule has 2 heterocycles. The Morgan fingerprint density at radius 2 is 2.09 bits per heavy atom. The minimum absolute atomic E-state index is 0.0367. The first kappa shape index (κ1) is 15.4. The summed E-state index contributed by atoms with van der Waals surface area (Å²) in [5.74, 6) is 1.18. The largest absolute Gasteiger partial charge is 0.497 e. The number of aromatic nitrogens is 1. The van der Waals surface area contributed by atoms with Gasteiger partial charge in [0.15, 0.2) is 0 Å². The number of ether oxygens (including phenoxy) is 2. The van der Waals surface area contributed by atoms with Gasteiger partial charge in [0.05, 0.1) is 25.8 Å². The Labute approximate surface area is 138 Å². The molecule has 1 aromatic carbocycles. The maximum absolute atomic E-state index is 12.5. The minimum Gasteiger partial charge on any atom is -0.497 e. The van der Waals surface area contributed by atoms with Gasteiger partial charge >= 0.3 is 0 Å². The van der Waals surface area contributed by atoms with Gasteiger partial charge in [0.2, 0.25) is 0 Å². The molecule has 1 atom stereocenters. The highest BCUT2D eigenvalue weighted by atomic mass is 32.1. The van der Waals surface area contributed by atoms with Crippen molar-refractivity contribution in [1.82, 2.24) is 10.3 Å². The quantitative estimate of drug-likeness (QED) is 0.749. The van der Waals surface area contributed by atoms with Gasteiger partial charge in [0, 0.05) is 16.3 Å². The number of methoxy groups -OCH3 is 2. The number of benzene rings is 1. The van der Waals surface area contributed by atoms with Crippen molar-refractivity contribution in [1.29, 1.82) is 0 Å². The van der Waals surface area contributed by atoms with E-state index in [0.29, 0.717) is 17.2 Å². The third-order valence-electron chi connectivity index (χ3n) is 3.68. The van der Waals surface area contributed by atoms with Crippen molar-refractivity contribution in [2.75, 3.05) is 14.2 Å². The zero-order valence-electron chi connectivity index (χ0n) is 13.2. The number of rotatable bonds is 5. The van der Waals surface area contributed by atoms with Crippen LogP contribution in [-0.4, -0.2) is 25.1 Å². The maximum Gasteiger partial charge on any atom is 0.268 e. The second kappa shape index (κ2) is 6.34. The molecule has 0 bridgehead atoms. The molecule has 23 heavy (non-hydrogen) atoms. The molecule has 5 nitrogen and oxygen atoms in total. The Morgan fingerprint density at radius 1 is 1.26 bits per heavy atom.